The smallest absolute Gasteiger partial charge is 0.331 e. The standard InChI is InChI=1S/C17H22N2O3/c18-16(20)13-22-17(21)10-7-14-5-8-15(9-6-14)19-11-3-1-2-4-12-19/h5-10H,1-4,11-13H2,(H2,18,20)/b10-7+. The minimum atomic E-state index is -0.663. The summed E-state index contributed by atoms with van der Waals surface area (Å²) in [6.07, 6.45) is 8.07. The first-order valence-corrected chi connectivity index (χ1v) is 7.63. The van der Waals surface area contributed by atoms with Crippen molar-refractivity contribution >= 4 is 23.6 Å². The zero-order valence-electron chi connectivity index (χ0n) is 12.7. The van der Waals surface area contributed by atoms with Crippen LogP contribution in [0, 0.1) is 0 Å². The van der Waals surface area contributed by atoms with E-state index in [2.05, 4.69) is 21.8 Å². The molecular formula is C17H22N2O3. The normalized spacial score (nSPS) is 15.5. The van der Waals surface area contributed by atoms with Gasteiger partial charge in [0.25, 0.3) is 5.91 Å². The maximum atomic E-state index is 11.3. The Morgan fingerprint density at radius 3 is 2.32 bits per heavy atom. The summed E-state index contributed by atoms with van der Waals surface area (Å²) in [6, 6.07) is 8.08. The van der Waals surface area contributed by atoms with Gasteiger partial charge in [-0.3, -0.25) is 4.79 Å². The van der Waals surface area contributed by atoms with E-state index >= 15 is 0 Å². The molecule has 5 nitrogen and oxygen atoms in total. The lowest BCUT2D eigenvalue weighted by molar-refractivity contribution is -0.142. The molecule has 2 N–H and O–H groups in total. The van der Waals surface area contributed by atoms with Gasteiger partial charge in [-0.15, -0.1) is 0 Å². The van der Waals surface area contributed by atoms with E-state index < -0.39 is 18.5 Å². The van der Waals surface area contributed by atoms with Crippen LogP contribution in [0.5, 0.6) is 0 Å². The van der Waals surface area contributed by atoms with Crippen LogP contribution in [0.3, 0.4) is 0 Å². The van der Waals surface area contributed by atoms with Crippen LogP contribution in [0.2, 0.25) is 0 Å². The van der Waals surface area contributed by atoms with Crippen molar-refractivity contribution in [2.45, 2.75) is 25.7 Å². The molecule has 0 aromatic heterocycles. The third-order valence-electron chi connectivity index (χ3n) is 3.63. The fraction of sp³-hybridized carbons (Fsp3) is 0.412. The predicted octanol–water partition coefficient (Wildman–Crippen LogP) is 2.11. The van der Waals surface area contributed by atoms with E-state index in [1.807, 2.05) is 12.1 Å². The Morgan fingerprint density at radius 2 is 1.73 bits per heavy atom. The summed E-state index contributed by atoms with van der Waals surface area (Å²) in [6.45, 7) is 1.82. The lowest BCUT2D eigenvalue weighted by Gasteiger charge is -2.22. The summed E-state index contributed by atoms with van der Waals surface area (Å²) < 4.78 is 4.65. The number of amides is 1. The zero-order valence-corrected chi connectivity index (χ0v) is 12.7. The van der Waals surface area contributed by atoms with Gasteiger partial charge >= 0.3 is 5.97 Å². The molecule has 0 saturated carbocycles. The maximum Gasteiger partial charge on any atom is 0.331 e. The first kappa shape index (κ1) is 16.1. The van der Waals surface area contributed by atoms with Crippen molar-refractivity contribution in [1.82, 2.24) is 0 Å². The number of ether oxygens (including phenoxy) is 1. The van der Waals surface area contributed by atoms with Crippen molar-refractivity contribution in [1.29, 1.82) is 0 Å². The van der Waals surface area contributed by atoms with Crippen LogP contribution in [-0.2, 0) is 14.3 Å². The van der Waals surface area contributed by atoms with Gasteiger partial charge in [0.15, 0.2) is 6.61 Å². The molecule has 0 bridgehead atoms. The van der Waals surface area contributed by atoms with Crippen LogP contribution < -0.4 is 10.6 Å². The average molecular weight is 302 g/mol. The van der Waals surface area contributed by atoms with Crippen LogP contribution in [0.15, 0.2) is 30.3 Å². The number of benzene rings is 1. The van der Waals surface area contributed by atoms with Gasteiger partial charge in [-0.25, -0.2) is 4.79 Å². The van der Waals surface area contributed by atoms with Gasteiger partial charge < -0.3 is 15.4 Å². The number of nitrogens with zero attached hydrogens (tertiary/aromatic N) is 1. The topological polar surface area (TPSA) is 72.6 Å². The summed E-state index contributed by atoms with van der Waals surface area (Å²) >= 11 is 0. The number of esters is 1. The van der Waals surface area contributed by atoms with Crippen molar-refractivity contribution in [2.24, 2.45) is 5.73 Å². The molecule has 0 spiro atoms. The first-order valence-electron chi connectivity index (χ1n) is 7.63. The zero-order chi connectivity index (χ0) is 15.8. The summed E-state index contributed by atoms with van der Waals surface area (Å²) in [5.41, 5.74) is 7.03. The Morgan fingerprint density at radius 1 is 1.09 bits per heavy atom. The highest BCUT2D eigenvalue weighted by Crippen LogP contribution is 2.20. The van der Waals surface area contributed by atoms with E-state index in [9.17, 15) is 9.59 Å². The van der Waals surface area contributed by atoms with Crippen molar-refractivity contribution in [2.75, 3.05) is 24.6 Å². The SMILES string of the molecule is NC(=O)COC(=O)/C=C/c1ccc(N2CCCCCC2)cc1. The number of hydrogen-bond acceptors (Lipinski definition) is 4. The van der Waals surface area contributed by atoms with Crippen molar-refractivity contribution in [3.05, 3.63) is 35.9 Å². The molecule has 1 saturated heterocycles. The van der Waals surface area contributed by atoms with E-state index in [1.165, 1.54) is 37.4 Å². The number of anilines is 1. The Labute approximate surface area is 130 Å². The molecule has 118 valence electrons. The monoisotopic (exact) mass is 302 g/mol. The number of hydrogen-bond donors (Lipinski definition) is 1. The Kier molecular flexibility index (Phi) is 6.01. The highest BCUT2D eigenvalue weighted by molar-refractivity contribution is 5.89. The summed E-state index contributed by atoms with van der Waals surface area (Å²) in [5.74, 6) is -1.24. The fourth-order valence-electron chi connectivity index (χ4n) is 2.48. The second kappa shape index (κ2) is 8.22. The summed E-state index contributed by atoms with van der Waals surface area (Å²) in [5, 5.41) is 0. The van der Waals surface area contributed by atoms with Crippen molar-refractivity contribution in [3.63, 3.8) is 0 Å². The third kappa shape index (κ3) is 5.24. The van der Waals surface area contributed by atoms with Crippen molar-refractivity contribution in [3.8, 4) is 0 Å². The number of primary amides is 1. The number of nitrogens with two attached hydrogens (primary N) is 1. The predicted molar refractivity (Wildman–Crippen MR) is 86.3 cm³/mol. The maximum absolute atomic E-state index is 11.3. The molecule has 1 aromatic rings. The fourth-order valence-corrected chi connectivity index (χ4v) is 2.48. The highest BCUT2D eigenvalue weighted by Gasteiger charge is 2.09. The van der Waals surface area contributed by atoms with E-state index in [1.54, 1.807) is 6.08 Å². The molecule has 0 unspecified atom stereocenters. The van der Waals surface area contributed by atoms with Gasteiger partial charge in [0.2, 0.25) is 0 Å². The third-order valence-corrected chi connectivity index (χ3v) is 3.63. The van der Waals surface area contributed by atoms with Crippen LogP contribution in [0.25, 0.3) is 6.08 Å². The van der Waals surface area contributed by atoms with Crippen LogP contribution in [-0.4, -0.2) is 31.6 Å². The van der Waals surface area contributed by atoms with E-state index in [4.69, 9.17) is 5.73 Å². The molecule has 22 heavy (non-hydrogen) atoms. The van der Waals surface area contributed by atoms with Gasteiger partial charge in [0, 0.05) is 24.9 Å². The largest absolute Gasteiger partial charge is 0.452 e. The van der Waals surface area contributed by atoms with Gasteiger partial charge in [-0.2, -0.15) is 0 Å². The number of rotatable bonds is 5. The average Bonchev–Trinajstić information content (AvgIpc) is 2.80. The number of carbonyl (C=O) groups is 2. The van der Waals surface area contributed by atoms with Crippen LogP contribution in [0.4, 0.5) is 5.69 Å². The van der Waals surface area contributed by atoms with Crippen LogP contribution in [0.1, 0.15) is 31.2 Å². The molecule has 0 atom stereocenters. The lowest BCUT2D eigenvalue weighted by Crippen LogP contribution is -2.23. The Balaban J connectivity index is 1.90. The van der Waals surface area contributed by atoms with Gasteiger partial charge in [0.05, 0.1) is 0 Å². The highest BCUT2D eigenvalue weighted by atomic mass is 16.5. The van der Waals surface area contributed by atoms with Crippen molar-refractivity contribution < 1.29 is 14.3 Å². The van der Waals surface area contributed by atoms with Gasteiger partial charge in [-0.05, 0) is 36.6 Å². The molecule has 2 rings (SSSR count). The van der Waals surface area contributed by atoms with E-state index in [-0.39, 0.29) is 0 Å². The van der Waals surface area contributed by atoms with Gasteiger partial charge in [-0.1, -0.05) is 25.0 Å². The number of carbonyl (C=O) groups excluding carboxylic acids is 2. The Bertz CT molecular complexity index is 529. The Hall–Kier alpha value is -2.30. The summed E-state index contributed by atoms with van der Waals surface area (Å²) in [4.78, 5) is 24.3. The van der Waals surface area contributed by atoms with E-state index in [0.717, 1.165) is 18.7 Å². The minimum Gasteiger partial charge on any atom is -0.452 e. The molecule has 1 aliphatic heterocycles. The second-order valence-electron chi connectivity index (χ2n) is 5.40. The van der Waals surface area contributed by atoms with Gasteiger partial charge in [0.1, 0.15) is 0 Å². The second-order valence-corrected chi connectivity index (χ2v) is 5.40. The molecule has 1 aromatic carbocycles. The molecule has 5 heteroatoms. The first-order chi connectivity index (χ1) is 10.6. The van der Waals surface area contributed by atoms with E-state index in [0.29, 0.717) is 0 Å². The molecule has 1 heterocycles. The lowest BCUT2D eigenvalue weighted by atomic mass is 10.1. The minimum absolute atomic E-state index is 0.392. The molecular weight excluding hydrogens is 280 g/mol. The quantitative estimate of drug-likeness (QED) is 0.668. The molecule has 1 amide bonds. The summed E-state index contributed by atoms with van der Waals surface area (Å²) in [7, 11) is 0. The molecule has 0 aliphatic carbocycles. The molecule has 1 fully saturated rings. The molecule has 0 radical (unpaired) electrons. The molecule has 1 aliphatic rings. The van der Waals surface area contributed by atoms with Crippen LogP contribution >= 0.6 is 0 Å².